The Bertz CT molecular complexity index is 4340. The molecule has 0 aliphatic heterocycles. The first-order valence-corrected chi connectivity index (χ1v) is 37.0. The third-order valence-electron chi connectivity index (χ3n) is 15.0. The Hall–Kier alpha value is -9.53. The maximum Gasteiger partial charge on any atom is 0.190 e. The summed E-state index contributed by atoms with van der Waals surface area (Å²) in [5.41, 5.74) is 12.5. The standard InChI is InChI=1S/C24H22ClNO.C17H15ClO.C16H12BrClO.C16H12Cl2O.C9H7Cl.C9H10O/c1-26(17-20-8-4-2-5-9-20)18-22(16-19-12-14-23(25)15-13-19)24(27)21-10-6-3-7-11-21;1-2-14(12-13-8-10-16(18)11-9-13)17(19)15-6-4-3-5-7-15;2*17-11-14(10-12-6-8-15(18)9-7-12)16(19)13-4-2-1-3-5-13;10-8-4-7-9-5-2-1-3-6-9;1-2-9(10)8-6-4-3-5-7-8/h2-16H,17-18H2,1H3;3-12H,2H2,1H3;2*1-10H,11H2;1-3,5-6H,8H2;3-7H,2H2,1H3/b22-16+;14-12+;2*14-10+;;. The van der Waals surface area contributed by atoms with Crippen LogP contribution in [0.25, 0.3) is 24.3 Å². The minimum Gasteiger partial charge on any atom is -0.298 e. The first kappa shape index (κ1) is 83.4. The van der Waals surface area contributed by atoms with Gasteiger partial charge in [-0.25, -0.2) is 0 Å². The van der Waals surface area contributed by atoms with Gasteiger partial charge in [0.2, 0.25) is 0 Å². The molecule has 0 unspecified atom stereocenters. The predicted octanol–water partition coefficient (Wildman–Crippen LogP) is 25.2. The van der Waals surface area contributed by atoms with Crippen LogP contribution < -0.4 is 0 Å². The maximum absolute atomic E-state index is 13.1. The van der Waals surface area contributed by atoms with Crippen molar-refractivity contribution in [3.63, 3.8) is 0 Å². The maximum atomic E-state index is 13.1. The van der Waals surface area contributed by atoms with Crippen LogP contribution in [0, 0.1) is 11.8 Å². The summed E-state index contributed by atoms with van der Waals surface area (Å²) in [5, 5.41) is 3.25. The molecule has 0 aliphatic rings. The number of Topliss-reactive ketones (excluding diaryl/α,β-unsaturated/α-hetero) is 5. The number of nitrogens with zero attached hydrogens (tertiary/aromatic N) is 1. The van der Waals surface area contributed by atoms with E-state index in [1.807, 2.05) is 312 Å². The molecule has 0 aliphatic carbocycles. The predicted molar refractivity (Wildman–Crippen MR) is 443 cm³/mol. The molecule has 0 saturated carbocycles. The van der Waals surface area contributed by atoms with Gasteiger partial charge in [-0.1, -0.05) is 337 Å². The number of hydrogen-bond acceptors (Lipinski definition) is 6. The molecule has 0 atom stereocenters. The Labute approximate surface area is 651 Å². The van der Waals surface area contributed by atoms with Gasteiger partial charge in [0.05, 0.1) is 11.8 Å². The topological polar surface area (TPSA) is 88.6 Å². The highest BCUT2D eigenvalue weighted by Crippen LogP contribution is 2.23. The summed E-state index contributed by atoms with van der Waals surface area (Å²) in [6.07, 6.45) is 8.83. The molecule has 0 heterocycles. The van der Waals surface area contributed by atoms with Crippen LogP contribution >= 0.6 is 85.5 Å². The number of ketones is 5. The Kier molecular flexibility index (Phi) is 38.2. The number of benzene rings is 11. The van der Waals surface area contributed by atoms with Crippen molar-refractivity contribution < 1.29 is 24.0 Å². The van der Waals surface area contributed by atoms with Gasteiger partial charge in [0.15, 0.2) is 28.9 Å². The normalized spacial score (nSPS) is 10.9. The molecule has 0 spiro atoms. The summed E-state index contributed by atoms with van der Waals surface area (Å²) in [7, 11) is 2.03. The summed E-state index contributed by atoms with van der Waals surface area (Å²) in [6, 6.07) is 96.2. The van der Waals surface area contributed by atoms with Gasteiger partial charge in [0.1, 0.15) is 0 Å². The van der Waals surface area contributed by atoms with Crippen molar-refractivity contribution in [1.29, 1.82) is 0 Å². The highest BCUT2D eigenvalue weighted by atomic mass is 79.9. The second kappa shape index (κ2) is 47.7. The number of carbonyl (C=O) groups is 5. The van der Waals surface area contributed by atoms with Crippen LogP contribution in [-0.2, 0) is 6.54 Å². The number of alkyl halides is 3. The Balaban J connectivity index is 0.000000202. The molecule has 11 aromatic rings. The number of rotatable bonds is 21. The van der Waals surface area contributed by atoms with E-state index in [-0.39, 0.29) is 34.8 Å². The number of allylic oxidation sites excluding steroid dienone is 3. The fraction of sp³-hybridized carbons (Fsp3) is 0.110. The molecular formula is C91H78BrCl6NO5. The van der Waals surface area contributed by atoms with E-state index >= 15 is 0 Å². The van der Waals surface area contributed by atoms with Crippen LogP contribution in [0.2, 0.25) is 20.1 Å². The molecule has 6 nitrogen and oxygen atoms in total. The largest absolute Gasteiger partial charge is 0.298 e. The summed E-state index contributed by atoms with van der Waals surface area (Å²) in [5.74, 6) is 6.59. The van der Waals surface area contributed by atoms with E-state index in [4.69, 9.17) is 69.6 Å². The molecule has 0 bridgehead atoms. The van der Waals surface area contributed by atoms with Crippen LogP contribution in [0.4, 0.5) is 0 Å². The summed E-state index contributed by atoms with van der Waals surface area (Å²) in [4.78, 5) is 63.2. The fourth-order valence-electron chi connectivity index (χ4n) is 9.71. The number of halogens is 7. The zero-order valence-corrected chi connectivity index (χ0v) is 64.0. The average molecular weight is 1560 g/mol. The van der Waals surface area contributed by atoms with Gasteiger partial charge in [-0.05, 0) is 126 Å². The van der Waals surface area contributed by atoms with Crippen molar-refractivity contribution >= 4 is 139 Å². The third kappa shape index (κ3) is 30.8. The van der Waals surface area contributed by atoms with E-state index in [0.29, 0.717) is 78.5 Å². The van der Waals surface area contributed by atoms with Gasteiger partial charge >= 0.3 is 0 Å². The fourth-order valence-corrected chi connectivity index (χ4v) is 10.9. The summed E-state index contributed by atoms with van der Waals surface area (Å²) >= 11 is 38.1. The minimum absolute atomic E-state index is 0.0347. The summed E-state index contributed by atoms with van der Waals surface area (Å²) in [6.45, 7) is 5.20. The Morgan fingerprint density at radius 3 is 0.971 bits per heavy atom. The van der Waals surface area contributed by atoms with E-state index in [0.717, 1.165) is 56.6 Å². The molecule has 0 saturated heterocycles. The molecule has 0 radical (unpaired) electrons. The monoisotopic (exact) mass is 1550 g/mol. The van der Waals surface area contributed by atoms with Crippen molar-refractivity contribution in [2.24, 2.45) is 0 Å². The van der Waals surface area contributed by atoms with Crippen molar-refractivity contribution in [3.8, 4) is 11.8 Å². The lowest BCUT2D eigenvalue weighted by molar-refractivity contribution is 0.0984. The van der Waals surface area contributed by atoms with Crippen molar-refractivity contribution in [2.75, 3.05) is 30.7 Å². The van der Waals surface area contributed by atoms with Gasteiger partial charge < -0.3 is 0 Å². The Morgan fingerprint density at radius 2 is 0.644 bits per heavy atom. The highest BCUT2D eigenvalue weighted by molar-refractivity contribution is 9.09. The molecule has 104 heavy (non-hydrogen) atoms. The summed E-state index contributed by atoms with van der Waals surface area (Å²) < 4.78 is 0. The second-order valence-electron chi connectivity index (χ2n) is 22.9. The van der Waals surface area contributed by atoms with Gasteiger partial charge in [-0.2, -0.15) is 0 Å². The van der Waals surface area contributed by atoms with Gasteiger partial charge in [0.25, 0.3) is 0 Å². The molecule has 526 valence electrons. The van der Waals surface area contributed by atoms with E-state index in [1.54, 1.807) is 30.3 Å². The second-order valence-corrected chi connectivity index (χ2v) is 25.7. The number of likely N-dealkylation sites (N-methyl/N-ethyl adjacent to an activating group) is 1. The molecule has 13 heteroatoms. The van der Waals surface area contributed by atoms with Crippen molar-refractivity contribution in [2.45, 2.75) is 33.2 Å². The quantitative estimate of drug-likeness (QED) is 0.0308. The van der Waals surface area contributed by atoms with Crippen LogP contribution in [0.5, 0.6) is 0 Å². The molecule has 11 rings (SSSR count). The lowest BCUT2D eigenvalue weighted by Crippen LogP contribution is -2.24. The molecular weight excluding hydrogens is 1480 g/mol. The lowest BCUT2D eigenvalue weighted by Gasteiger charge is -2.19. The van der Waals surface area contributed by atoms with E-state index in [9.17, 15) is 24.0 Å². The van der Waals surface area contributed by atoms with Crippen molar-refractivity contribution in [3.05, 3.63) is 413 Å². The zero-order chi connectivity index (χ0) is 74.7. The van der Waals surface area contributed by atoms with Crippen LogP contribution in [0.3, 0.4) is 0 Å². The van der Waals surface area contributed by atoms with Crippen LogP contribution in [-0.4, -0.2) is 64.5 Å². The SMILES string of the molecule is CC/C(=C\c1ccc(Cl)cc1)C(=O)c1ccccc1.CCC(=O)c1ccccc1.CN(C/C(=C\c1ccc(Cl)cc1)C(=O)c1ccccc1)Cc1ccccc1.ClCC#Cc1ccccc1.O=C(/C(=C/c1ccc(Cl)cc1)CBr)c1ccccc1.O=C(/C(=C/c1ccc(Cl)cc1)CCl)c1ccccc1. The van der Waals surface area contributed by atoms with Crippen molar-refractivity contribution in [1.82, 2.24) is 4.90 Å². The highest BCUT2D eigenvalue weighted by Gasteiger charge is 2.17. The number of hydrogen-bond donors (Lipinski definition) is 0. The van der Waals surface area contributed by atoms with Gasteiger partial charge in [0, 0.05) is 101 Å². The smallest absolute Gasteiger partial charge is 0.190 e. The first-order chi connectivity index (χ1) is 50.5. The zero-order valence-electron chi connectivity index (χ0n) is 57.8. The molecule has 11 aromatic carbocycles. The number of carbonyl (C=O) groups excluding carboxylic acids is 5. The average Bonchev–Trinajstić information content (AvgIpc) is 0.876. The molecule has 0 fully saturated rings. The van der Waals surface area contributed by atoms with E-state index < -0.39 is 0 Å². The molecule has 0 N–H and O–H groups in total. The third-order valence-corrected chi connectivity index (χ3v) is 17.1. The minimum atomic E-state index is -0.0504. The van der Waals surface area contributed by atoms with E-state index in [2.05, 4.69) is 44.8 Å². The van der Waals surface area contributed by atoms with Gasteiger partial charge in [-0.15, -0.1) is 23.2 Å². The Morgan fingerprint density at radius 1 is 0.356 bits per heavy atom. The molecule has 0 amide bonds. The molecule has 0 aromatic heterocycles. The van der Waals surface area contributed by atoms with Crippen LogP contribution in [0.15, 0.2) is 332 Å². The van der Waals surface area contributed by atoms with E-state index in [1.165, 1.54) is 5.56 Å². The first-order valence-electron chi connectivity index (χ1n) is 33.3. The lowest BCUT2D eigenvalue weighted by atomic mass is 9.99. The van der Waals surface area contributed by atoms with Gasteiger partial charge in [-0.3, -0.25) is 28.9 Å². The van der Waals surface area contributed by atoms with Crippen LogP contribution in [0.1, 0.15) is 112 Å².